The molecule has 9 nitrogen and oxygen atoms in total. The van der Waals surface area contributed by atoms with E-state index in [-0.39, 0.29) is 11.7 Å². The largest absolute Gasteiger partial charge is 0.477 e. The Morgan fingerprint density at radius 2 is 1.88 bits per heavy atom. The number of hydrogen-bond donors (Lipinski definition) is 1. The molecule has 2 aromatic rings. The zero-order valence-electron chi connectivity index (χ0n) is 14.5. The summed E-state index contributed by atoms with van der Waals surface area (Å²) in [5, 5.41) is 13.2. The van der Waals surface area contributed by atoms with E-state index >= 15 is 0 Å². The van der Waals surface area contributed by atoms with Crippen molar-refractivity contribution in [2.45, 2.75) is 26.4 Å². The monoisotopic (exact) mass is 347 g/mol. The fraction of sp³-hybridized carbons (Fsp3) is 0.500. The third-order valence-electron chi connectivity index (χ3n) is 3.84. The molecule has 1 fully saturated rings. The van der Waals surface area contributed by atoms with Crippen LogP contribution in [0.3, 0.4) is 0 Å². The molecule has 1 aliphatic rings. The number of aromatic carboxylic acids is 1. The van der Waals surface area contributed by atoms with Crippen LogP contribution >= 0.6 is 0 Å². The summed E-state index contributed by atoms with van der Waals surface area (Å²) in [5.74, 6) is -0.395. The number of amides is 1. The molecule has 1 aliphatic heterocycles. The number of carbonyl (C=O) groups is 2. The second-order valence-corrected chi connectivity index (χ2v) is 6.87. The number of hydrogen-bond acceptors (Lipinski definition) is 6. The van der Waals surface area contributed by atoms with Crippen LogP contribution in [0.1, 0.15) is 31.1 Å². The van der Waals surface area contributed by atoms with E-state index in [9.17, 15) is 14.7 Å². The lowest BCUT2D eigenvalue weighted by molar-refractivity contribution is 0.0240. The SMILES string of the molecule is CC(C)(C)OC(=O)N1CCN(c2ccn3ncc(C(=O)O)c3n2)CC1. The van der Waals surface area contributed by atoms with Gasteiger partial charge >= 0.3 is 12.1 Å². The van der Waals surface area contributed by atoms with Crippen molar-refractivity contribution in [3.8, 4) is 0 Å². The van der Waals surface area contributed by atoms with Crippen molar-refractivity contribution in [2.24, 2.45) is 0 Å². The Balaban J connectivity index is 1.71. The van der Waals surface area contributed by atoms with Crippen molar-refractivity contribution in [1.82, 2.24) is 19.5 Å². The third-order valence-corrected chi connectivity index (χ3v) is 3.84. The number of anilines is 1. The van der Waals surface area contributed by atoms with E-state index in [1.165, 1.54) is 10.7 Å². The summed E-state index contributed by atoms with van der Waals surface area (Å²) in [5.41, 5.74) is -0.149. The van der Waals surface area contributed by atoms with Crippen molar-refractivity contribution in [3.05, 3.63) is 24.0 Å². The van der Waals surface area contributed by atoms with E-state index < -0.39 is 11.6 Å². The molecule has 0 saturated carbocycles. The summed E-state index contributed by atoms with van der Waals surface area (Å²) in [6, 6.07) is 1.79. The highest BCUT2D eigenvalue weighted by molar-refractivity contribution is 5.94. The van der Waals surface area contributed by atoms with Crippen LogP contribution in [0.15, 0.2) is 18.5 Å². The molecule has 0 atom stereocenters. The van der Waals surface area contributed by atoms with Gasteiger partial charge in [0.05, 0.1) is 6.20 Å². The van der Waals surface area contributed by atoms with Crippen LogP contribution in [-0.2, 0) is 4.74 Å². The van der Waals surface area contributed by atoms with E-state index in [1.54, 1.807) is 17.2 Å². The predicted molar refractivity (Wildman–Crippen MR) is 90.0 cm³/mol. The van der Waals surface area contributed by atoms with Crippen LogP contribution in [0.5, 0.6) is 0 Å². The lowest BCUT2D eigenvalue weighted by Crippen LogP contribution is -2.50. The second-order valence-electron chi connectivity index (χ2n) is 6.87. The molecule has 2 aromatic heterocycles. The summed E-state index contributed by atoms with van der Waals surface area (Å²) < 4.78 is 6.82. The average Bonchev–Trinajstić information content (AvgIpc) is 2.96. The fourth-order valence-electron chi connectivity index (χ4n) is 2.63. The van der Waals surface area contributed by atoms with Crippen molar-refractivity contribution >= 4 is 23.5 Å². The van der Waals surface area contributed by atoms with Crippen molar-refractivity contribution in [1.29, 1.82) is 0 Å². The molecule has 1 saturated heterocycles. The highest BCUT2D eigenvalue weighted by atomic mass is 16.6. The van der Waals surface area contributed by atoms with Crippen LogP contribution in [0, 0.1) is 0 Å². The Kier molecular flexibility index (Phi) is 4.23. The van der Waals surface area contributed by atoms with Crippen molar-refractivity contribution in [2.75, 3.05) is 31.1 Å². The first-order chi connectivity index (χ1) is 11.7. The van der Waals surface area contributed by atoms with Gasteiger partial charge in [0.2, 0.25) is 0 Å². The van der Waals surface area contributed by atoms with Gasteiger partial charge < -0.3 is 19.6 Å². The van der Waals surface area contributed by atoms with Gasteiger partial charge in [-0.2, -0.15) is 5.10 Å². The predicted octanol–water partition coefficient (Wildman–Crippen LogP) is 1.48. The van der Waals surface area contributed by atoms with E-state index in [2.05, 4.69) is 10.1 Å². The molecule has 1 amide bonds. The maximum atomic E-state index is 12.1. The van der Waals surface area contributed by atoms with Crippen LogP contribution < -0.4 is 4.90 Å². The molecule has 0 aliphatic carbocycles. The third kappa shape index (κ3) is 3.65. The number of aromatic nitrogens is 3. The lowest BCUT2D eigenvalue weighted by Gasteiger charge is -2.36. The molecule has 134 valence electrons. The van der Waals surface area contributed by atoms with Gasteiger partial charge in [0.1, 0.15) is 17.0 Å². The van der Waals surface area contributed by atoms with Gasteiger partial charge in [0, 0.05) is 32.4 Å². The number of carbonyl (C=O) groups excluding carboxylic acids is 1. The highest BCUT2D eigenvalue weighted by Crippen LogP contribution is 2.18. The van der Waals surface area contributed by atoms with E-state index in [0.29, 0.717) is 37.6 Å². The Hall–Kier alpha value is -2.84. The Labute approximate surface area is 144 Å². The number of rotatable bonds is 2. The quantitative estimate of drug-likeness (QED) is 0.878. The fourth-order valence-corrected chi connectivity index (χ4v) is 2.63. The molecular weight excluding hydrogens is 326 g/mol. The van der Waals surface area contributed by atoms with Crippen LogP contribution in [0.2, 0.25) is 0 Å². The molecule has 0 unspecified atom stereocenters. The summed E-state index contributed by atoms with van der Waals surface area (Å²) >= 11 is 0. The van der Waals surface area contributed by atoms with E-state index in [4.69, 9.17) is 4.74 Å². The Bertz CT molecular complexity index is 802. The van der Waals surface area contributed by atoms with Gasteiger partial charge in [0.25, 0.3) is 0 Å². The number of piperazine rings is 1. The first-order valence-electron chi connectivity index (χ1n) is 8.05. The first kappa shape index (κ1) is 17.0. The highest BCUT2D eigenvalue weighted by Gasteiger charge is 2.26. The minimum Gasteiger partial charge on any atom is -0.477 e. The molecule has 0 radical (unpaired) electrons. The Morgan fingerprint density at radius 1 is 1.20 bits per heavy atom. The van der Waals surface area contributed by atoms with E-state index in [0.717, 1.165) is 0 Å². The smallest absolute Gasteiger partial charge is 0.410 e. The molecular formula is C16H21N5O4. The van der Waals surface area contributed by atoms with Gasteiger partial charge in [-0.1, -0.05) is 0 Å². The summed E-state index contributed by atoms with van der Waals surface area (Å²) in [6.45, 7) is 7.75. The van der Waals surface area contributed by atoms with Gasteiger partial charge in [0.15, 0.2) is 5.65 Å². The Morgan fingerprint density at radius 3 is 2.48 bits per heavy atom. The van der Waals surface area contributed by atoms with Gasteiger partial charge in [-0.3, -0.25) is 0 Å². The zero-order valence-corrected chi connectivity index (χ0v) is 14.5. The number of ether oxygens (including phenoxy) is 1. The number of carboxylic acids is 1. The molecule has 3 heterocycles. The molecule has 9 heteroatoms. The van der Waals surface area contributed by atoms with Crippen LogP contribution in [-0.4, -0.2) is 68.4 Å². The standard InChI is InChI=1S/C16H21N5O4/c1-16(2,3)25-15(24)20-8-6-19(7-9-20)12-4-5-21-13(18-12)11(10-17-21)14(22)23/h4-5,10H,6-9H2,1-3H3,(H,22,23). The number of carboxylic acid groups (broad SMARTS) is 1. The molecule has 0 bridgehead atoms. The normalized spacial score (nSPS) is 15.5. The first-order valence-corrected chi connectivity index (χ1v) is 8.05. The average molecular weight is 347 g/mol. The maximum Gasteiger partial charge on any atom is 0.410 e. The van der Waals surface area contributed by atoms with Crippen LogP contribution in [0.4, 0.5) is 10.6 Å². The summed E-state index contributed by atoms with van der Waals surface area (Å²) in [6.07, 6.45) is 2.65. The molecule has 1 N–H and O–H groups in total. The number of nitrogens with zero attached hydrogens (tertiary/aromatic N) is 5. The molecule has 0 aromatic carbocycles. The molecule has 25 heavy (non-hydrogen) atoms. The maximum absolute atomic E-state index is 12.1. The van der Waals surface area contributed by atoms with Gasteiger partial charge in [-0.15, -0.1) is 0 Å². The molecule has 3 rings (SSSR count). The zero-order chi connectivity index (χ0) is 18.2. The minimum atomic E-state index is -1.06. The second kappa shape index (κ2) is 6.23. The van der Waals surface area contributed by atoms with Gasteiger partial charge in [-0.05, 0) is 26.8 Å². The van der Waals surface area contributed by atoms with E-state index in [1.807, 2.05) is 25.7 Å². The van der Waals surface area contributed by atoms with Crippen molar-refractivity contribution in [3.63, 3.8) is 0 Å². The summed E-state index contributed by atoms with van der Waals surface area (Å²) in [7, 11) is 0. The molecule has 0 spiro atoms. The number of fused-ring (bicyclic) bond motifs is 1. The van der Waals surface area contributed by atoms with Crippen molar-refractivity contribution < 1.29 is 19.4 Å². The summed E-state index contributed by atoms with van der Waals surface area (Å²) in [4.78, 5) is 31.4. The minimum absolute atomic E-state index is 0.0641. The lowest BCUT2D eigenvalue weighted by atomic mass is 10.2. The topological polar surface area (TPSA) is 100 Å². The van der Waals surface area contributed by atoms with Crippen LogP contribution in [0.25, 0.3) is 5.65 Å². The van der Waals surface area contributed by atoms with Gasteiger partial charge in [-0.25, -0.2) is 19.1 Å².